The van der Waals surface area contributed by atoms with Crippen LogP contribution in [0.3, 0.4) is 0 Å². The number of halogens is 2. The topological polar surface area (TPSA) is 180 Å². The zero-order chi connectivity index (χ0) is 29.9. The fourth-order valence-corrected chi connectivity index (χ4v) is 4.67. The van der Waals surface area contributed by atoms with Gasteiger partial charge in [0.1, 0.15) is 6.04 Å². The molecule has 0 aromatic heterocycles. The molecule has 3 aromatic rings. The number of nitrogens with one attached hydrogen (secondary N) is 3. The van der Waals surface area contributed by atoms with Crippen LogP contribution in [0.1, 0.15) is 41.0 Å². The number of urea groups is 1. The molecule has 12 heteroatoms. The summed E-state index contributed by atoms with van der Waals surface area (Å²) in [6.45, 7) is 0.675. The number of hydrogen-bond acceptors (Lipinski definition) is 4. The fourth-order valence-electron chi connectivity index (χ4n) is 4.41. The van der Waals surface area contributed by atoms with E-state index in [9.17, 15) is 14.4 Å². The first kappa shape index (κ1) is 31.3. The van der Waals surface area contributed by atoms with E-state index in [0.29, 0.717) is 34.1 Å². The maximum absolute atomic E-state index is 14.5. The highest BCUT2D eigenvalue weighted by Crippen LogP contribution is 2.31. The Balaban J connectivity index is 2.01. The number of carbonyl (C=O) groups excluding carboxylic acids is 3. The van der Waals surface area contributed by atoms with Gasteiger partial charge in [-0.1, -0.05) is 71.7 Å². The monoisotopic (exact) mass is 597 g/mol. The zero-order valence-corrected chi connectivity index (χ0v) is 23.8. The minimum absolute atomic E-state index is 0.0911. The van der Waals surface area contributed by atoms with Gasteiger partial charge in [0.25, 0.3) is 0 Å². The van der Waals surface area contributed by atoms with Gasteiger partial charge in [-0.15, -0.1) is 0 Å². The standard InChI is InChI=1S/C29H33Cl2N7O3/c30-22-11-7-20(8-12-22)25(21-9-13-23(31)14-10-21)27(40)38(24(26(32)39)2-1-15-36-28(33)34)17-19-5-3-18(4-6-19)16-37-29(35)41/h3-14,24-25H,1-2,15-17H2,(H2,32,39)(H4,33,34,36)(H3,35,37,41)/t24-/m1/s1. The molecule has 41 heavy (non-hydrogen) atoms. The van der Waals surface area contributed by atoms with Crippen LogP contribution in [-0.2, 0) is 22.7 Å². The van der Waals surface area contributed by atoms with E-state index in [4.69, 9.17) is 45.8 Å². The lowest BCUT2D eigenvalue weighted by molar-refractivity contribution is -0.141. The number of nitrogens with zero attached hydrogens (tertiary/aromatic N) is 1. The van der Waals surface area contributed by atoms with Crippen LogP contribution in [0.4, 0.5) is 4.79 Å². The lowest BCUT2D eigenvalue weighted by atomic mass is 9.89. The average Bonchev–Trinajstić information content (AvgIpc) is 2.93. The second-order valence-corrected chi connectivity index (χ2v) is 10.3. The van der Waals surface area contributed by atoms with Crippen molar-refractivity contribution in [2.45, 2.75) is 37.9 Å². The van der Waals surface area contributed by atoms with Crippen molar-refractivity contribution in [3.63, 3.8) is 0 Å². The predicted molar refractivity (Wildman–Crippen MR) is 160 cm³/mol. The summed E-state index contributed by atoms with van der Waals surface area (Å²) in [6, 6.07) is 19.6. The Hall–Kier alpha value is -4.28. The molecule has 3 rings (SSSR count). The van der Waals surface area contributed by atoms with Crippen LogP contribution in [0.5, 0.6) is 0 Å². The lowest BCUT2D eigenvalue weighted by Crippen LogP contribution is -2.49. The van der Waals surface area contributed by atoms with E-state index in [-0.39, 0.29) is 31.4 Å². The summed E-state index contributed by atoms with van der Waals surface area (Å²) < 4.78 is 0. The third-order valence-corrected chi connectivity index (χ3v) is 6.96. The molecule has 0 heterocycles. The van der Waals surface area contributed by atoms with E-state index in [0.717, 1.165) is 11.1 Å². The number of benzene rings is 3. The van der Waals surface area contributed by atoms with Crippen LogP contribution in [0.15, 0.2) is 72.8 Å². The second kappa shape index (κ2) is 14.9. The molecule has 0 aliphatic carbocycles. The van der Waals surface area contributed by atoms with Crippen LogP contribution in [0, 0.1) is 5.41 Å². The largest absolute Gasteiger partial charge is 0.370 e. The van der Waals surface area contributed by atoms with Crippen molar-refractivity contribution in [2.24, 2.45) is 17.2 Å². The van der Waals surface area contributed by atoms with E-state index in [2.05, 4.69) is 10.6 Å². The number of nitrogens with two attached hydrogens (primary N) is 3. The minimum atomic E-state index is -0.949. The normalized spacial score (nSPS) is 11.5. The number of hydrogen-bond donors (Lipinski definition) is 6. The molecule has 0 spiro atoms. The maximum atomic E-state index is 14.5. The van der Waals surface area contributed by atoms with Gasteiger partial charge in [0, 0.05) is 29.7 Å². The number of rotatable bonds is 13. The third-order valence-electron chi connectivity index (χ3n) is 6.45. The van der Waals surface area contributed by atoms with Crippen LogP contribution in [-0.4, -0.2) is 41.3 Å². The van der Waals surface area contributed by atoms with Crippen LogP contribution in [0.2, 0.25) is 10.0 Å². The Kier molecular flexibility index (Phi) is 11.4. The SMILES string of the molecule is N=C(N)NCCC[C@H](C(N)=O)N(Cc1ccc(CNC(N)=O)cc1)C(=O)C(c1ccc(Cl)cc1)c1ccc(Cl)cc1. The summed E-state index contributed by atoms with van der Waals surface area (Å²) in [4.78, 5) is 39.8. The molecule has 0 aliphatic rings. The van der Waals surface area contributed by atoms with Gasteiger partial charge < -0.3 is 32.7 Å². The summed E-state index contributed by atoms with van der Waals surface area (Å²) in [6.07, 6.45) is 0.678. The molecule has 0 bridgehead atoms. The van der Waals surface area contributed by atoms with Gasteiger partial charge in [0.05, 0.1) is 5.92 Å². The molecule has 0 radical (unpaired) electrons. The van der Waals surface area contributed by atoms with Crippen LogP contribution < -0.4 is 27.8 Å². The number of amides is 4. The van der Waals surface area contributed by atoms with Crippen molar-refractivity contribution in [3.8, 4) is 0 Å². The fraction of sp³-hybridized carbons (Fsp3) is 0.241. The van der Waals surface area contributed by atoms with Gasteiger partial charge >= 0.3 is 6.03 Å². The maximum Gasteiger partial charge on any atom is 0.312 e. The van der Waals surface area contributed by atoms with E-state index < -0.39 is 23.9 Å². The molecular weight excluding hydrogens is 565 g/mol. The third kappa shape index (κ3) is 9.40. The molecule has 9 N–H and O–H groups in total. The molecule has 10 nitrogen and oxygen atoms in total. The molecule has 216 valence electrons. The highest BCUT2D eigenvalue weighted by Gasteiger charge is 2.34. The Morgan fingerprint density at radius 2 is 1.29 bits per heavy atom. The Morgan fingerprint density at radius 1 is 0.780 bits per heavy atom. The van der Waals surface area contributed by atoms with E-state index in [1.165, 1.54) is 4.90 Å². The van der Waals surface area contributed by atoms with Gasteiger partial charge in [-0.05, 0) is 59.4 Å². The Labute approximate surface area is 248 Å². The summed E-state index contributed by atoms with van der Waals surface area (Å²) >= 11 is 12.3. The second-order valence-electron chi connectivity index (χ2n) is 9.44. The van der Waals surface area contributed by atoms with Gasteiger partial charge in [0.2, 0.25) is 11.8 Å². The lowest BCUT2D eigenvalue weighted by Gasteiger charge is -2.33. The minimum Gasteiger partial charge on any atom is -0.370 e. The zero-order valence-electron chi connectivity index (χ0n) is 22.3. The molecule has 0 unspecified atom stereocenters. The van der Waals surface area contributed by atoms with Gasteiger partial charge in [0.15, 0.2) is 5.96 Å². The number of carbonyl (C=O) groups is 3. The van der Waals surface area contributed by atoms with Crippen LogP contribution >= 0.6 is 23.2 Å². The quantitative estimate of drug-likeness (QED) is 0.100. The van der Waals surface area contributed by atoms with Crippen molar-refractivity contribution in [1.82, 2.24) is 15.5 Å². The predicted octanol–water partition coefficient (Wildman–Crippen LogP) is 3.44. The molecule has 0 saturated carbocycles. The first-order chi connectivity index (χ1) is 19.5. The Bertz CT molecular complexity index is 1300. The highest BCUT2D eigenvalue weighted by atomic mass is 35.5. The number of primary amides is 2. The Morgan fingerprint density at radius 3 is 1.76 bits per heavy atom. The molecule has 0 aliphatic heterocycles. The molecule has 3 aromatic carbocycles. The summed E-state index contributed by atoms with van der Waals surface area (Å²) in [7, 11) is 0. The summed E-state index contributed by atoms with van der Waals surface area (Å²) in [5.74, 6) is -1.96. The van der Waals surface area contributed by atoms with Crippen molar-refractivity contribution < 1.29 is 14.4 Å². The first-order valence-electron chi connectivity index (χ1n) is 12.8. The molecule has 0 saturated heterocycles. The van der Waals surface area contributed by atoms with E-state index >= 15 is 0 Å². The van der Waals surface area contributed by atoms with Crippen molar-refractivity contribution in [3.05, 3.63) is 105 Å². The van der Waals surface area contributed by atoms with Crippen molar-refractivity contribution >= 4 is 47.0 Å². The van der Waals surface area contributed by atoms with Gasteiger partial charge in [-0.2, -0.15) is 0 Å². The van der Waals surface area contributed by atoms with Gasteiger partial charge in [-0.3, -0.25) is 15.0 Å². The smallest absolute Gasteiger partial charge is 0.312 e. The molecule has 1 atom stereocenters. The van der Waals surface area contributed by atoms with E-state index in [1.54, 1.807) is 60.7 Å². The first-order valence-corrected chi connectivity index (χ1v) is 13.6. The molecule has 0 fully saturated rings. The highest BCUT2D eigenvalue weighted by molar-refractivity contribution is 6.30. The van der Waals surface area contributed by atoms with Gasteiger partial charge in [-0.25, -0.2) is 4.79 Å². The number of guanidine groups is 1. The van der Waals surface area contributed by atoms with Crippen LogP contribution in [0.25, 0.3) is 0 Å². The van der Waals surface area contributed by atoms with Crippen molar-refractivity contribution in [1.29, 1.82) is 5.41 Å². The van der Waals surface area contributed by atoms with E-state index in [1.807, 2.05) is 12.1 Å². The summed E-state index contributed by atoms with van der Waals surface area (Å²) in [5, 5.41) is 13.7. The molecule has 4 amide bonds. The van der Waals surface area contributed by atoms with Crippen molar-refractivity contribution in [2.75, 3.05) is 6.54 Å². The molecular formula is C29H33Cl2N7O3. The average molecular weight is 599 g/mol. The summed E-state index contributed by atoms with van der Waals surface area (Å²) in [5.41, 5.74) is 19.3.